The number of hydrogen-bond donors (Lipinski definition) is 4. The van der Waals surface area contributed by atoms with Gasteiger partial charge in [0.05, 0.1) is 12.6 Å². The number of esters is 1. The van der Waals surface area contributed by atoms with Crippen LogP contribution in [0.4, 0.5) is 4.79 Å². The van der Waals surface area contributed by atoms with Crippen LogP contribution in [0.25, 0.3) is 0 Å². The van der Waals surface area contributed by atoms with Gasteiger partial charge in [0.1, 0.15) is 25.8 Å². The first kappa shape index (κ1) is 25.3. The fraction of sp³-hybridized carbons (Fsp3) is 0.304. The summed E-state index contributed by atoms with van der Waals surface area (Å²) in [6, 6.07) is 16.6. The van der Waals surface area contributed by atoms with Gasteiger partial charge in [-0.15, -0.1) is 0 Å². The Hall–Kier alpha value is -3.92. The average molecular weight is 457 g/mol. The van der Waals surface area contributed by atoms with Gasteiger partial charge in [-0.1, -0.05) is 60.7 Å². The lowest BCUT2D eigenvalue weighted by atomic mass is 10.1. The maximum Gasteiger partial charge on any atom is 0.408 e. The van der Waals surface area contributed by atoms with Gasteiger partial charge in [-0.2, -0.15) is 0 Å². The van der Waals surface area contributed by atoms with E-state index in [0.29, 0.717) is 0 Å². The van der Waals surface area contributed by atoms with Gasteiger partial charge >= 0.3 is 12.1 Å². The number of rotatable bonds is 11. The summed E-state index contributed by atoms with van der Waals surface area (Å²) in [5, 5.41) is 16.7. The predicted octanol–water partition coefficient (Wildman–Crippen LogP) is 0.638. The van der Waals surface area contributed by atoms with Crippen LogP contribution in [0.1, 0.15) is 18.1 Å². The molecule has 0 saturated heterocycles. The maximum atomic E-state index is 12.3. The third-order valence-electron chi connectivity index (χ3n) is 4.35. The van der Waals surface area contributed by atoms with Crippen molar-refractivity contribution < 1.29 is 33.8 Å². The summed E-state index contributed by atoms with van der Waals surface area (Å²) in [6.45, 7) is 0.544. The molecular weight excluding hydrogens is 430 g/mol. The molecule has 0 aliphatic heterocycles. The van der Waals surface area contributed by atoms with E-state index in [2.05, 4.69) is 16.0 Å². The fourth-order valence-electron chi connectivity index (χ4n) is 2.60. The van der Waals surface area contributed by atoms with E-state index in [4.69, 9.17) is 9.47 Å². The van der Waals surface area contributed by atoms with Crippen molar-refractivity contribution in [1.29, 1.82) is 0 Å². The molecule has 0 spiro atoms. The van der Waals surface area contributed by atoms with Gasteiger partial charge in [-0.3, -0.25) is 14.4 Å². The van der Waals surface area contributed by atoms with Crippen LogP contribution in [-0.4, -0.2) is 54.2 Å². The van der Waals surface area contributed by atoms with Crippen LogP contribution >= 0.6 is 0 Å². The highest BCUT2D eigenvalue weighted by molar-refractivity contribution is 5.90. The van der Waals surface area contributed by atoms with Gasteiger partial charge in [0.15, 0.2) is 0 Å². The molecule has 2 aromatic carbocycles. The molecule has 2 atom stereocenters. The van der Waals surface area contributed by atoms with Crippen LogP contribution in [0.5, 0.6) is 0 Å². The fourth-order valence-corrected chi connectivity index (χ4v) is 2.60. The molecule has 10 heteroatoms. The summed E-state index contributed by atoms with van der Waals surface area (Å²) in [5.74, 6) is -2.07. The highest BCUT2D eigenvalue weighted by Gasteiger charge is 2.26. The molecule has 0 saturated carbocycles. The lowest BCUT2D eigenvalue weighted by Gasteiger charge is -2.20. The monoisotopic (exact) mass is 457 g/mol. The number of aliphatic hydroxyl groups excluding tert-OH is 1. The highest BCUT2D eigenvalue weighted by atomic mass is 16.5. The molecule has 0 aromatic heterocycles. The smallest absolute Gasteiger partial charge is 0.408 e. The van der Waals surface area contributed by atoms with Crippen molar-refractivity contribution in [1.82, 2.24) is 16.0 Å². The summed E-state index contributed by atoms with van der Waals surface area (Å²) >= 11 is 0. The lowest BCUT2D eigenvalue weighted by Crippen LogP contribution is -2.54. The molecule has 2 aromatic rings. The van der Waals surface area contributed by atoms with Crippen molar-refractivity contribution in [3.05, 3.63) is 71.8 Å². The Kier molecular flexibility index (Phi) is 10.4. The molecule has 0 unspecified atom stereocenters. The summed E-state index contributed by atoms with van der Waals surface area (Å²) in [5.41, 5.74) is 1.56. The number of amides is 3. The average Bonchev–Trinajstić information content (AvgIpc) is 2.83. The third kappa shape index (κ3) is 9.83. The Bertz CT molecular complexity index is 920. The van der Waals surface area contributed by atoms with E-state index in [0.717, 1.165) is 11.1 Å². The molecule has 0 bridgehead atoms. The first-order chi connectivity index (χ1) is 15.8. The van der Waals surface area contributed by atoms with Crippen LogP contribution in [0.2, 0.25) is 0 Å². The molecule has 3 amide bonds. The lowest BCUT2D eigenvalue weighted by molar-refractivity contribution is -0.145. The molecule has 33 heavy (non-hydrogen) atoms. The van der Waals surface area contributed by atoms with Gasteiger partial charge < -0.3 is 30.5 Å². The van der Waals surface area contributed by atoms with Crippen molar-refractivity contribution in [3.63, 3.8) is 0 Å². The Morgan fingerprint density at radius 3 is 1.91 bits per heavy atom. The standard InChI is InChI=1S/C23H27N3O7/c1-16(27)21(26-23(31)33-15-18-10-6-3-7-11-18)22(30)25-12-19(28)24-13-20(29)32-14-17-8-4-2-5-9-17/h2-11,16,21,27H,12-15H2,1H3,(H,24,28)(H,25,30)(H,26,31)/t16-,21+/m0/s1. The summed E-state index contributed by atoms with van der Waals surface area (Å²) in [7, 11) is 0. The Morgan fingerprint density at radius 2 is 1.36 bits per heavy atom. The molecule has 176 valence electrons. The van der Waals surface area contributed by atoms with Gasteiger partial charge in [0, 0.05) is 0 Å². The van der Waals surface area contributed by atoms with E-state index in [9.17, 15) is 24.3 Å². The molecule has 0 aliphatic rings. The van der Waals surface area contributed by atoms with E-state index in [1.807, 2.05) is 24.3 Å². The molecule has 2 rings (SSSR count). The normalized spacial score (nSPS) is 12.1. The number of nitrogens with one attached hydrogen (secondary N) is 3. The van der Waals surface area contributed by atoms with Gasteiger partial charge in [-0.25, -0.2) is 4.79 Å². The number of carbonyl (C=O) groups excluding carboxylic acids is 4. The Morgan fingerprint density at radius 1 is 0.818 bits per heavy atom. The van der Waals surface area contributed by atoms with E-state index >= 15 is 0 Å². The van der Waals surface area contributed by atoms with Gasteiger partial charge in [-0.05, 0) is 18.1 Å². The summed E-state index contributed by atoms with van der Waals surface area (Å²) < 4.78 is 10.1. The van der Waals surface area contributed by atoms with Crippen LogP contribution < -0.4 is 16.0 Å². The molecular formula is C23H27N3O7. The van der Waals surface area contributed by atoms with Crippen LogP contribution in [0, 0.1) is 0 Å². The minimum absolute atomic E-state index is 0.0103. The number of alkyl carbamates (subject to hydrolysis) is 1. The van der Waals surface area contributed by atoms with E-state index in [-0.39, 0.29) is 19.8 Å². The van der Waals surface area contributed by atoms with E-state index < -0.39 is 42.6 Å². The molecule has 0 fully saturated rings. The summed E-state index contributed by atoms with van der Waals surface area (Å²) in [6.07, 6.45) is -2.14. The van der Waals surface area contributed by atoms with Crippen molar-refractivity contribution >= 4 is 23.9 Å². The van der Waals surface area contributed by atoms with Crippen LogP contribution in [0.15, 0.2) is 60.7 Å². The van der Waals surface area contributed by atoms with Gasteiger partial charge in [0.2, 0.25) is 11.8 Å². The number of aliphatic hydroxyl groups is 1. The third-order valence-corrected chi connectivity index (χ3v) is 4.35. The Balaban J connectivity index is 1.69. The molecule has 10 nitrogen and oxygen atoms in total. The number of ether oxygens (including phenoxy) is 2. The minimum Gasteiger partial charge on any atom is -0.460 e. The van der Waals surface area contributed by atoms with E-state index in [1.54, 1.807) is 36.4 Å². The van der Waals surface area contributed by atoms with Gasteiger partial charge in [0.25, 0.3) is 0 Å². The molecule has 0 radical (unpaired) electrons. The zero-order chi connectivity index (χ0) is 24.1. The zero-order valence-corrected chi connectivity index (χ0v) is 18.2. The molecule has 0 aliphatic carbocycles. The quantitative estimate of drug-likeness (QED) is 0.363. The first-order valence-corrected chi connectivity index (χ1v) is 10.2. The molecule has 4 N–H and O–H groups in total. The van der Waals surface area contributed by atoms with Crippen molar-refractivity contribution in [2.24, 2.45) is 0 Å². The largest absolute Gasteiger partial charge is 0.460 e. The zero-order valence-electron chi connectivity index (χ0n) is 18.2. The molecule has 0 heterocycles. The maximum absolute atomic E-state index is 12.3. The second-order valence-electron chi connectivity index (χ2n) is 7.07. The van der Waals surface area contributed by atoms with Crippen LogP contribution in [0.3, 0.4) is 0 Å². The second-order valence-corrected chi connectivity index (χ2v) is 7.07. The predicted molar refractivity (Wildman–Crippen MR) is 117 cm³/mol. The Labute approximate surface area is 191 Å². The van der Waals surface area contributed by atoms with Crippen molar-refractivity contribution in [3.8, 4) is 0 Å². The minimum atomic E-state index is -1.34. The highest BCUT2D eigenvalue weighted by Crippen LogP contribution is 2.02. The number of carbonyl (C=O) groups is 4. The number of hydrogen-bond acceptors (Lipinski definition) is 7. The number of benzene rings is 2. The van der Waals surface area contributed by atoms with Crippen molar-refractivity contribution in [2.45, 2.75) is 32.3 Å². The van der Waals surface area contributed by atoms with Crippen LogP contribution in [-0.2, 0) is 37.1 Å². The topological polar surface area (TPSA) is 143 Å². The SMILES string of the molecule is C[C@H](O)[C@@H](NC(=O)OCc1ccccc1)C(=O)NCC(=O)NCC(=O)OCc1ccccc1. The summed E-state index contributed by atoms with van der Waals surface area (Å²) in [4.78, 5) is 47.9. The first-order valence-electron chi connectivity index (χ1n) is 10.2. The van der Waals surface area contributed by atoms with Crippen molar-refractivity contribution in [2.75, 3.05) is 13.1 Å². The van der Waals surface area contributed by atoms with E-state index in [1.165, 1.54) is 6.92 Å². The second kappa shape index (κ2) is 13.5.